The Morgan fingerprint density at radius 2 is 1.89 bits per heavy atom. The normalized spacial score (nSPS) is 11.0. The van der Waals surface area contributed by atoms with Crippen LogP contribution in [0.2, 0.25) is 0 Å². The summed E-state index contributed by atoms with van der Waals surface area (Å²) in [5, 5.41) is 16.5. The van der Waals surface area contributed by atoms with Crippen molar-refractivity contribution >= 4 is 12.1 Å². The van der Waals surface area contributed by atoms with Gasteiger partial charge in [0.1, 0.15) is 0 Å². The lowest BCUT2D eigenvalue weighted by molar-refractivity contribution is 0.0955. The van der Waals surface area contributed by atoms with Gasteiger partial charge in [-0.3, -0.25) is 4.79 Å². The number of hydrogen-bond donors (Lipinski definition) is 2. The second kappa shape index (κ2) is 8.09. The highest BCUT2D eigenvalue weighted by molar-refractivity contribution is 5.94. The summed E-state index contributed by atoms with van der Waals surface area (Å²) >= 11 is 0. The van der Waals surface area contributed by atoms with Gasteiger partial charge in [-0.1, -0.05) is 42.5 Å². The summed E-state index contributed by atoms with van der Waals surface area (Å²) < 4.78 is 0. The van der Waals surface area contributed by atoms with Crippen LogP contribution in [0.4, 0.5) is 0 Å². The smallest absolute Gasteiger partial charge is 0.271 e. The van der Waals surface area contributed by atoms with E-state index < -0.39 is 0 Å². The largest absolute Gasteiger partial charge is 0.360 e. The first-order chi connectivity index (χ1) is 13.8. The SMILES string of the molecule is O=C(NN=Cc1ccc[nH]1)c1ccc(Cn2nnc(-c3ccccc3)n2)cc1. The molecule has 0 saturated heterocycles. The first-order valence-electron chi connectivity index (χ1n) is 8.67. The number of nitrogens with zero attached hydrogens (tertiary/aromatic N) is 5. The number of tetrazole rings is 1. The van der Waals surface area contributed by atoms with Crippen LogP contribution in [-0.4, -0.2) is 37.3 Å². The van der Waals surface area contributed by atoms with Crippen LogP contribution in [0.3, 0.4) is 0 Å². The molecule has 0 unspecified atom stereocenters. The Kier molecular flexibility index (Phi) is 5.01. The summed E-state index contributed by atoms with van der Waals surface area (Å²) in [5.74, 6) is 0.302. The number of aromatic nitrogens is 5. The Balaban J connectivity index is 1.37. The van der Waals surface area contributed by atoms with E-state index in [1.165, 1.54) is 4.80 Å². The number of H-pyrrole nitrogens is 1. The molecule has 2 heterocycles. The zero-order valence-corrected chi connectivity index (χ0v) is 14.9. The summed E-state index contributed by atoms with van der Waals surface area (Å²) in [6, 6.07) is 20.6. The van der Waals surface area contributed by atoms with Gasteiger partial charge in [0.25, 0.3) is 5.91 Å². The maximum absolute atomic E-state index is 12.1. The lowest BCUT2D eigenvalue weighted by Crippen LogP contribution is -2.17. The van der Waals surface area contributed by atoms with Crippen LogP contribution in [-0.2, 0) is 6.54 Å². The number of nitrogens with one attached hydrogen (secondary N) is 2. The molecule has 0 aliphatic heterocycles. The van der Waals surface area contributed by atoms with Crippen molar-refractivity contribution in [2.75, 3.05) is 0 Å². The zero-order chi connectivity index (χ0) is 19.2. The van der Waals surface area contributed by atoms with Crippen molar-refractivity contribution < 1.29 is 4.79 Å². The average Bonchev–Trinajstić information content (AvgIpc) is 3.41. The molecule has 0 fully saturated rings. The van der Waals surface area contributed by atoms with Gasteiger partial charge in [-0.25, -0.2) is 5.43 Å². The van der Waals surface area contributed by atoms with Crippen LogP contribution >= 0.6 is 0 Å². The van der Waals surface area contributed by atoms with Gasteiger partial charge in [-0.15, -0.1) is 10.2 Å². The second-order valence-corrected chi connectivity index (χ2v) is 6.03. The van der Waals surface area contributed by atoms with Crippen LogP contribution < -0.4 is 5.43 Å². The van der Waals surface area contributed by atoms with Crippen molar-refractivity contribution in [3.05, 3.63) is 89.7 Å². The molecule has 0 radical (unpaired) electrons. The standard InChI is InChI=1S/C20H17N7O/c28-20(24-22-13-18-7-4-12-21-18)17-10-8-15(9-11-17)14-27-25-19(23-26-27)16-5-2-1-3-6-16/h1-13,21H,14H2,(H,24,28). The fraction of sp³-hybridized carbons (Fsp3) is 0.0500. The number of aromatic amines is 1. The predicted octanol–water partition coefficient (Wildman–Crippen LogP) is 2.48. The lowest BCUT2D eigenvalue weighted by Gasteiger charge is -2.03. The van der Waals surface area contributed by atoms with Crippen molar-refractivity contribution in [1.29, 1.82) is 0 Å². The van der Waals surface area contributed by atoms with Crippen molar-refractivity contribution in [2.45, 2.75) is 6.54 Å². The molecular weight excluding hydrogens is 354 g/mol. The molecule has 8 nitrogen and oxygen atoms in total. The van der Waals surface area contributed by atoms with Crippen molar-refractivity contribution in [3.63, 3.8) is 0 Å². The first kappa shape index (κ1) is 17.3. The molecule has 0 spiro atoms. The highest BCUT2D eigenvalue weighted by Gasteiger charge is 2.07. The van der Waals surface area contributed by atoms with E-state index in [2.05, 4.69) is 30.9 Å². The molecular formula is C20H17N7O. The maximum Gasteiger partial charge on any atom is 0.271 e. The maximum atomic E-state index is 12.1. The minimum Gasteiger partial charge on any atom is -0.360 e. The minimum absolute atomic E-state index is 0.278. The highest BCUT2D eigenvalue weighted by atomic mass is 16.2. The molecule has 2 aromatic heterocycles. The number of hydrazone groups is 1. The first-order valence-corrected chi connectivity index (χ1v) is 8.67. The lowest BCUT2D eigenvalue weighted by atomic mass is 10.1. The molecule has 4 aromatic rings. The molecule has 1 amide bonds. The molecule has 2 aromatic carbocycles. The van der Waals surface area contributed by atoms with Crippen LogP contribution in [0.1, 0.15) is 21.6 Å². The monoisotopic (exact) mass is 371 g/mol. The van der Waals surface area contributed by atoms with E-state index in [1.807, 2.05) is 54.6 Å². The van der Waals surface area contributed by atoms with E-state index in [9.17, 15) is 4.79 Å². The average molecular weight is 371 g/mol. The third-order valence-electron chi connectivity index (χ3n) is 4.02. The van der Waals surface area contributed by atoms with Crippen molar-refractivity contribution in [3.8, 4) is 11.4 Å². The van der Waals surface area contributed by atoms with Crippen molar-refractivity contribution in [1.82, 2.24) is 30.6 Å². The van der Waals surface area contributed by atoms with Gasteiger partial charge in [0.15, 0.2) is 0 Å². The van der Waals surface area contributed by atoms with E-state index in [0.29, 0.717) is 17.9 Å². The number of hydrogen-bond acceptors (Lipinski definition) is 5. The minimum atomic E-state index is -0.278. The van der Waals surface area contributed by atoms with Gasteiger partial charge >= 0.3 is 0 Å². The Bertz CT molecular complexity index is 1070. The predicted molar refractivity (Wildman–Crippen MR) is 105 cm³/mol. The Labute approximate surface area is 160 Å². The highest BCUT2D eigenvalue weighted by Crippen LogP contribution is 2.12. The summed E-state index contributed by atoms with van der Waals surface area (Å²) in [5.41, 5.74) is 5.71. The van der Waals surface area contributed by atoms with Gasteiger partial charge in [0.2, 0.25) is 5.82 Å². The number of rotatable bonds is 6. The topological polar surface area (TPSA) is 101 Å². The molecule has 0 saturated carbocycles. The van der Waals surface area contributed by atoms with E-state index in [4.69, 9.17) is 0 Å². The van der Waals surface area contributed by atoms with E-state index in [1.54, 1.807) is 24.5 Å². The zero-order valence-electron chi connectivity index (χ0n) is 14.9. The molecule has 0 aliphatic carbocycles. The summed E-state index contributed by atoms with van der Waals surface area (Å²) in [7, 11) is 0. The molecule has 2 N–H and O–H groups in total. The van der Waals surface area contributed by atoms with Crippen LogP contribution in [0.25, 0.3) is 11.4 Å². The molecule has 8 heteroatoms. The Morgan fingerprint density at radius 3 is 2.64 bits per heavy atom. The van der Waals surface area contributed by atoms with Gasteiger partial charge in [0, 0.05) is 17.3 Å². The van der Waals surface area contributed by atoms with Gasteiger partial charge in [-0.2, -0.15) is 9.90 Å². The summed E-state index contributed by atoms with van der Waals surface area (Å²) in [6.07, 6.45) is 3.33. The van der Waals surface area contributed by atoms with E-state index in [-0.39, 0.29) is 5.91 Å². The number of benzene rings is 2. The van der Waals surface area contributed by atoms with Crippen LogP contribution in [0.5, 0.6) is 0 Å². The van der Waals surface area contributed by atoms with Crippen LogP contribution in [0.15, 0.2) is 78.0 Å². The number of amides is 1. The van der Waals surface area contributed by atoms with Gasteiger partial charge < -0.3 is 4.98 Å². The quantitative estimate of drug-likeness (QED) is 0.402. The summed E-state index contributed by atoms with van der Waals surface area (Å²) in [6.45, 7) is 0.465. The van der Waals surface area contributed by atoms with Crippen molar-refractivity contribution in [2.24, 2.45) is 5.10 Å². The Hall–Kier alpha value is -4.07. The van der Waals surface area contributed by atoms with E-state index in [0.717, 1.165) is 16.8 Å². The molecule has 0 bridgehead atoms. The van der Waals surface area contributed by atoms with Crippen LogP contribution in [0, 0.1) is 0 Å². The second-order valence-electron chi connectivity index (χ2n) is 6.03. The molecule has 0 atom stereocenters. The molecule has 4 rings (SSSR count). The van der Waals surface area contributed by atoms with Gasteiger partial charge in [0.05, 0.1) is 18.5 Å². The fourth-order valence-corrected chi connectivity index (χ4v) is 2.59. The van der Waals surface area contributed by atoms with Gasteiger partial charge in [-0.05, 0) is 35.0 Å². The molecule has 28 heavy (non-hydrogen) atoms. The Morgan fingerprint density at radius 1 is 1.07 bits per heavy atom. The molecule has 0 aliphatic rings. The third-order valence-corrected chi connectivity index (χ3v) is 4.02. The number of carbonyl (C=O) groups excluding carboxylic acids is 1. The van der Waals surface area contributed by atoms with E-state index >= 15 is 0 Å². The third kappa shape index (κ3) is 4.18. The number of carbonyl (C=O) groups is 1. The molecule has 138 valence electrons. The summed E-state index contributed by atoms with van der Waals surface area (Å²) in [4.78, 5) is 16.6. The fourth-order valence-electron chi connectivity index (χ4n) is 2.59.